The maximum absolute atomic E-state index is 13.2. The van der Waals surface area contributed by atoms with Crippen LogP contribution >= 0.6 is 0 Å². The van der Waals surface area contributed by atoms with Crippen LogP contribution in [0, 0.1) is 0 Å². The number of para-hydroxylation sites is 1. The predicted octanol–water partition coefficient (Wildman–Crippen LogP) is 1.98. The van der Waals surface area contributed by atoms with E-state index in [0.717, 1.165) is 35.4 Å². The van der Waals surface area contributed by atoms with Crippen molar-refractivity contribution in [3.63, 3.8) is 0 Å². The van der Waals surface area contributed by atoms with Crippen molar-refractivity contribution in [1.82, 2.24) is 19.2 Å². The van der Waals surface area contributed by atoms with E-state index in [-0.39, 0.29) is 16.7 Å². The molecule has 0 spiro atoms. The Morgan fingerprint density at radius 1 is 1.03 bits per heavy atom. The lowest BCUT2D eigenvalue weighted by Crippen LogP contribution is -2.52. The molecule has 1 unspecified atom stereocenters. The summed E-state index contributed by atoms with van der Waals surface area (Å²) in [5.74, 6) is 0.859. The minimum Gasteiger partial charge on any atom is -0.379 e. The molecule has 5 rings (SSSR count). The number of hydrogen-bond donors (Lipinski definition) is 1. The number of aromatic nitrogens is 2. The molecule has 3 aromatic rings. The summed E-state index contributed by atoms with van der Waals surface area (Å²) >= 11 is 0. The number of aromatic amines is 1. The van der Waals surface area contributed by atoms with Crippen LogP contribution < -0.4 is 4.90 Å². The molecule has 2 saturated heterocycles. The highest BCUT2D eigenvalue weighted by Crippen LogP contribution is 2.23. The van der Waals surface area contributed by atoms with Gasteiger partial charge in [-0.1, -0.05) is 18.2 Å². The summed E-state index contributed by atoms with van der Waals surface area (Å²) in [7, 11) is -3.55. The van der Waals surface area contributed by atoms with E-state index < -0.39 is 10.0 Å². The summed E-state index contributed by atoms with van der Waals surface area (Å²) in [6.45, 7) is 6.40. The minimum atomic E-state index is -3.55. The quantitative estimate of drug-likeness (QED) is 0.535. The zero-order valence-corrected chi connectivity index (χ0v) is 20.0. The van der Waals surface area contributed by atoms with Gasteiger partial charge in [-0.25, -0.2) is 13.4 Å². The van der Waals surface area contributed by atoms with Gasteiger partial charge in [0, 0.05) is 68.1 Å². The Balaban J connectivity index is 1.21. The molecule has 1 atom stereocenters. The van der Waals surface area contributed by atoms with E-state index in [1.807, 2.05) is 31.2 Å². The number of hydrogen-bond acceptors (Lipinski definition) is 7. The molecule has 0 aliphatic carbocycles. The smallest absolute Gasteiger partial charge is 0.244 e. The van der Waals surface area contributed by atoms with Crippen molar-refractivity contribution < 1.29 is 17.9 Å². The SMILES string of the molecule is CC(C(=O)c1c[nH]c2ccccc12)N1CCN(c2ccc(S(=O)(=O)N3CCOCC3)cn2)CC1. The summed E-state index contributed by atoms with van der Waals surface area (Å²) in [5.41, 5.74) is 1.69. The molecule has 34 heavy (non-hydrogen) atoms. The van der Waals surface area contributed by atoms with E-state index >= 15 is 0 Å². The largest absolute Gasteiger partial charge is 0.379 e. The van der Waals surface area contributed by atoms with Gasteiger partial charge in [0.05, 0.1) is 19.3 Å². The number of carbonyl (C=O) groups excluding carboxylic acids is 1. The van der Waals surface area contributed by atoms with Crippen molar-refractivity contribution in [2.75, 3.05) is 57.4 Å². The number of sulfonamides is 1. The fourth-order valence-electron chi connectivity index (χ4n) is 4.65. The third-order valence-electron chi connectivity index (χ3n) is 6.75. The summed E-state index contributed by atoms with van der Waals surface area (Å²) in [6, 6.07) is 11.0. The number of ether oxygens (including phenoxy) is 1. The highest BCUT2D eigenvalue weighted by molar-refractivity contribution is 7.89. The molecule has 10 heteroatoms. The van der Waals surface area contributed by atoms with Gasteiger partial charge in [0.15, 0.2) is 5.78 Å². The van der Waals surface area contributed by atoms with Crippen LogP contribution in [0.25, 0.3) is 10.9 Å². The van der Waals surface area contributed by atoms with E-state index in [1.165, 1.54) is 10.5 Å². The number of morpholine rings is 1. The summed E-state index contributed by atoms with van der Waals surface area (Å²) in [6.07, 6.45) is 3.24. The van der Waals surface area contributed by atoms with Gasteiger partial charge in [-0.05, 0) is 25.1 Å². The molecule has 0 saturated carbocycles. The van der Waals surface area contributed by atoms with E-state index in [4.69, 9.17) is 4.74 Å². The lowest BCUT2D eigenvalue weighted by molar-refractivity contribution is 0.0730. The van der Waals surface area contributed by atoms with Crippen molar-refractivity contribution in [2.24, 2.45) is 0 Å². The lowest BCUT2D eigenvalue weighted by atomic mass is 10.0. The van der Waals surface area contributed by atoms with Crippen LogP contribution in [0.15, 0.2) is 53.7 Å². The van der Waals surface area contributed by atoms with Crippen LogP contribution in [0.1, 0.15) is 17.3 Å². The standard InChI is InChI=1S/C24H29N5O4S/c1-18(24(30)21-17-25-22-5-3-2-4-20(21)22)27-8-10-28(11-9-27)23-7-6-19(16-26-23)34(31,32)29-12-14-33-15-13-29/h2-7,16-18,25H,8-15H2,1H3. The van der Waals surface area contributed by atoms with Gasteiger partial charge in [0.25, 0.3) is 0 Å². The molecule has 0 radical (unpaired) electrons. The predicted molar refractivity (Wildman–Crippen MR) is 130 cm³/mol. The number of pyridine rings is 1. The second-order valence-electron chi connectivity index (χ2n) is 8.68. The first-order chi connectivity index (χ1) is 16.4. The molecule has 2 aliphatic heterocycles. The Labute approximate surface area is 199 Å². The molecule has 0 bridgehead atoms. The first kappa shape index (κ1) is 23.0. The van der Waals surface area contributed by atoms with Crippen LogP contribution in [0.4, 0.5) is 5.82 Å². The number of anilines is 1. The van der Waals surface area contributed by atoms with Crippen molar-refractivity contribution in [2.45, 2.75) is 17.9 Å². The van der Waals surface area contributed by atoms with Crippen LogP contribution in [0.3, 0.4) is 0 Å². The second kappa shape index (κ2) is 9.46. The summed E-state index contributed by atoms with van der Waals surface area (Å²) < 4.78 is 32.3. The number of benzene rings is 1. The Morgan fingerprint density at radius 3 is 2.47 bits per heavy atom. The molecule has 2 aliphatic rings. The van der Waals surface area contributed by atoms with Crippen LogP contribution in [-0.2, 0) is 14.8 Å². The number of fused-ring (bicyclic) bond motifs is 1. The van der Waals surface area contributed by atoms with Crippen LogP contribution in [0.2, 0.25) is 0 Å². The lowest BCUT2D eigenvalue weighted by Gasteiger charge is -2.38. The number of rotatable bonds is 6. The minimum absolute atomic E-state index is 0.113. The zero-order valence-electron chi connectivity index (χ0n) is 19.2. The second-order valence-corrected chi connectivity index (χ2v) is 10.6. The van der Waals surface area contributed by atoms with Crippen molar-refractivity contribution in [3.05, 3.63) is 54.4 Å². The summed E-state index contributed by atoms with van der Waals surface area (Å²) in [5, 5.41) is 0.953. The Bertz CT molecular complexity index is 1260. The van der Waals surface area contributed by atoms with Crippen molar-refractivity contribution >= 4 is 32.5 Å². The highest BCUT2D eigenvalue weighted by Gasteiger charge is 2.29. The number of nitrogens with one attached hydrogen (secondary N) is 1. The molecule has 2 aromatic heterocycles. The first-order valence-electron chi connectivity index (χ1n) is 11.6. The highest BCUT2D eigenvalue weighted by atomic mass is 32.2. The van der Waals surface area contributed by atoms with Crippen molar-refractivity contribution in [1.29, 1.82) is 0 Å². The first-order valence-corrected chi connectivity index (χ1v) is 13.0. The molecule has 9 nitrogen and oxygen atoms in total. The van der Waals surface area contributed by atoms with Gasteiger partial charge >= 0.3 is 0 Å². The van der Waals surface area contributed by atoms with E-state index in [1.54, 1.807) is 18.3 Å². The van der Waals surface area contributed by atoms with Gasteiger partial charge in [-0.15, -0.1) is 0 Å². The third-order valence-corrected chi connectivity index (χ3v) is 8.63. The molecule has 1 N–H and O–H groups in total. The van der Waals surface area contributed by atoms with Crippen LogP contribution in [-0.4, -0.2) is 91.9 Å². The maximum atomic E-state index is 13.2. The molecule has 1 aromatic carbocycles. The molecule has 180 valence electrons. The number of nitrogens with zero attached hydrogens (tertiary/aromatic N) is 4. The molecule has 2 fully saturated rings. The molecule has 0 amide bonds. The molecular weight excluding hydrogens is 454 g/mol. The molecular formula is C24H29N5O4S. The number of ketones is 1. The fourth-order valence-corrected chi connectivity index (χ4v) is 6.01. The Morgan fingerprint density at radius 2 is 1.76 bits per heavy atom. The van der Waals surface area contributed by atoms with Gasteiger partial charge in [-0.2, -0.15) is 4.31 Å². The van der Waals surface area contributed by atoms with E-state index in [0.29, 0.717) is 39.4 Å². The van der Waals surface area contributed by atoms with E-state index in [2.05, 4.69) is 19.8 Å². The van der Waals surface area contributed by atoms with Gasteiger partial charge in [0.1, 0.15) is 10.7 Å². The van der Waals surface area contributed by atoms with Crippen LogP contribution in [0.5, 0.6) is 0 Å². The van der Waals surface area contributed by atoms with Crippen molar-refractivity contribution in [3.8, 4) is 0 Å². The number of piperazine rings is 1. The van der Waals surface area contributed by atoms with Gasteiger partial charge < -0.3 is 14.6 Å². The zero-order chi connectivity index (χ0) is 23.7. The number of carbonyl (C=O) groups is 1. The van der Waals surface area contributed by atoms with Gasteiger partial charge in [0.2, 0.25) is 10.0 Å². The van der Waals surface area contributed by atoms with Gasteiger partial charge in [-0.3, -0.25) is 9.69 Å². The average Bonchev–Trinajstić information content (AvgIpc) is 3.33. The average molecular weight is 484 g/mol. The Hall–Kier alpha value is -2.79. The normalized spacial score (nSPS) is 19.4. The number of Topliss-reactive ketones (excluding diaryl/α,β-unsaturated/α-hetero) is 1. The summed E-state index contributed by atoms with van der Waals surface area (Å²) in [4.78, 5) is 25.3. The maximum Gasteiger partial charge on any atom is 0.244 e. The monoisotopic (exact) mass is 483 g/mol. The fraction of sp³-hybridized carbons (Fsp3) is 0.417. The number of H-pyrrole nitrogens is 1. The Kier molecular flexibility index (Phi) is 6.39. The van der Waals surface area contributed by atoms with E-state index in [9.17, 15) is 13.2 Å². The third kappa shape index (κ3) is 4.34. The topological polar surface area (TPSA) is 98.8 Å². The molecule has 4 heterocycles.